The molecule has 0 bridgehead atoms. The molecule has 2 fully saturated rings. The Kier molecular flexibility index (Phi) is 9.42. The van der Waals surface area contributed by atoms with E-state index >= 15 is 0 Å². The Bertz CT molecular complexity index is 713. The van der Waals surface area contributed by atoms with Gasteiger partial charge in [-0.25, -0.2) is 0 Å². The number of nitrogens with zero attached hydrogens (tertiary/aromatic N) is 2. The monoisotopic (exact) mass is 432 g/mol. The van der Waals surface area contributed by atoms with Gasteiger partial charge in [-0.2, -0.15) is 0 Å². The van der Waals surface area contributed by atoms with Gasteiger partial charge in [-0.1, -0.05) is 12.1 Å². The van der Waals surface area contributed by atoms with Crippen molar-refractivity contribution in [2.24, 2.45) is 4.99 Å². The summed E-state index contributed by atoms with van der Waals surface area (Å²) in [6.45, 7) is 7.07. The van der Waals surface area contributed by atoms with E-state index in [1.165, 1.54) is 18.9 Å². The molecule has 1 unspecified atom stereocenters. The molecule has 1 atom stereocenters. The van der Waals surface area contributed by atoms with E-state index in [1.807, 2.05) is 0 Å². The minimum absolute atomic E-state index is 0.0167. The van der Waals surface area contributed by atoms with Crippen LogP contribution < -0.4 is 10.6 Å². The minimum atomic E-state index is -0.293. The van der Waals surface area contributed by atoms with Crippen LogP contribution in [-0.2, 0) is 9.47 Å². The van der Waals surface area contributed by atoms with Crippen LogP contribution in [0.15, 0.2) is 29.3 Å². The first-order valence-electron chi connectivity index (χ1n) is 11.5. The van der Waals surface area contributed by atoms with Crippen molar-refractivity contribution in [3.8, 4) is 5.75 Å². The Morgan fingerprint density at radius 1 is 1.23 bits per heavy atom. The molecule has 0 radical (unpaired) electrons. The standard InChI is InChI=1S/C23H36N4O4/c1-2-24-23(26-13-12-25-22(29)20-8-3-4-9-21(20)28)27-14-10-18(11-15-27)31-17-19-7-5-6-16-30-19/h3-4,8-9,18-19,28H,2,5-7,10-17H2,1H3,(H,24,26)(H,25,29). The number of para-hydroxylation sites is 1. The first kappa shape index (κ1) is 23.3. The first-order chi connectivity index (χ1) is 15.2. The summed E-state index contributed by atoms with van der Waals surface area (Å²) in [7, 11) is 0. The molecule has 0 saturated carbocycles. The second kappa shape index (κ2) is 12.5. The molecular formula is C23H36N4O4. The lowest BCUT2D eigenvalue weighted by Gasteiger charge is -2.35. The zero-order chi connectivity index (χ0) is 21.9. The SMILES string of the molecule is CCNC(=NCCNC(=O)c1ccccc1O)N1CCC(OCC2CCCCO2)CC1. The number of phenolic OH excluding ortho intramolecular Hbond substituents is 1. The fourth-order valence-electron chi connectivity index (χ4n) is 3.93. The van der Waals surface area contributed by atoms with Crippen LogP contribution in [0, 0.1) is 0 Å². The van der Waals surface area contributed by atoms with E-state index in [0.717, 1.165) is 51.5 Å². The molecule has 8 heteroatoms. The number of piperidine rings is 1. The van der Waals surface area contributed by atoms with Crippen LogP contribution in [0.2, 0.25) is 0 Å². The number of phenols is 1. The Labute approximate surface area is 185 Å². The lowest BCUT2D eigenvalue weighted by molar-refractivity contribution is -0.0721. The number of benzene rings is 1. The molecule has 3 N–H and O–H groups in total. The molecule has 1 aromatic rings. The zero-order valence-electron chi connectivity index (χ0n) is 18.5. The van der Waals surface area contributed by atoms with Gasteiger partial charge in [0.25, 0.3) is 5.91 Å². The summed E-state index contributed by atoms with van der Waals surface area (Å²) in [5.41, 5.74) is 0.277. The van der Waals surface area contributed by atoms with E-state index in [2.05, 4.69) is 27.4 Å². The topological polar surface area (TPSA) is 95.4 Å². The van der Waals surface area contributed by atoms with Crippen LogP contribution >= 0.6 is 0 Å². The number of ether oxygens (including phenoxy) is 2. The molecule has 2 aliphatic heterocycles. The number of aliphatic imine (C=N–C) groups is 1. The molecule has 1 amide bonds. The number of hydrogen-bond acceptors (Lipinski definition) is 5. The van der Waals surface area contributed by atoms with Crippen molar-refractivity contribution in [2.45, 2.75) is 51.2 Å². The summed E-state index contributed by atoms with van der Waals surface area (Å²) in [6, 6.07) is 6.53. The third-order valence-electron chi connectivity index (χ3n) is 5.68. The number of carbonyl (C=O) groups excluding carboxylic acids is 1. The Morgan fingerprint density at radius 3 is 2.74 bits per heavy atom. The molecule has 2 saturated heterocycles. The van der Waals surface area contributed by atoms with Crippen molar-refractivity contribution in [2.75, 3.05) is 45.9 Å². The molecule has 172 valence electrons. The Morgan fingerprint density at radius 2 is 2.03 bits per heavy atom. The summed E-state index contributed by atoms with van der Waals surface area (Å²) in [5.74, 6) is 0.559. The lowest BCUT2D eigenvalue weighted by atomic mass is 10.1. The van der Waals surface area contributed by atoms with Crippen LogP contribution in [0.5, 0.6) is 5.75 Å². The average Bonchev–Trinajstić information content (AvgIpc) is 2.81. The molecule has 0 aliphatic carbocycles. The van der Waals surface area contributed by atoms with Crippen molar-refractivity contribution < 1.29 is 19.4 Å². The number of aromatic hydroxyl groups is 1. The maximum Gasteiger partial charge on any atom is 0.255 e. The first-order valence-corrected chi connectivity index (χ1v) is 11.5. The smallest absolute Gasteiger partial charge is 0.255 e. The van der Waals surface area contributed by atoms with E-state index in [4.69, 9.17) is 9.47 Å². The van der Waals surface area contributed by atoms with E-state index in [0.29, 0.717) is 19.7 Å². The van der Waals surface area contributed by atoms with Crippen LogP contribution in [0.3, 0.4) is 0 Å². The molecule has 8 nitrogen and oxygen atoms in total. The fraction of sp³-hybridized carbons (Fsp3) is 0.652. The molecule has 3 rings (SSSR count). The molecule has 0 spiro atoms. The van der Waals surface area contributed by atoms with Gasteiger partial charge in [0.1, 0.15) is 5.75 Å². The van der Waals surface area contributed by atoms with Crippen LogP contribution in [-0.4, -0.2) is 80.0 Å². The van der Waals surface area contributed by atoms with E-state index < -0.39 is 0 Å². The summed E-state index contributed by atoms with van der Waals surface area (Å²) < 4.78 is 11.9. The predicted molar refractivity (Wildman–Crippen MR) is 121 cm³/mol. The molecule has 0 aromatic heterocycles. The number of guanidine groups is 1. The van der Waals surface area contributed by atoms with Gasteiger partial charge in [-0.15, -0.1) is 0 Å². The van der Waals surface area contributed by atoms with Gasteiger partial charge < -0.3 is 30.1 Å². The van der Waals surface area contributed by atoms with Gasteiger partial charge in [-0.3, -0.25) is 9.79 Å². The lowest BCUT2D eigenvalue weighted by Crippen LogP contribution is -2.47. The number of hydrogen-bond donors (Lipinski definition) is 3. The molecule has 2 aliphatic rings. The fourth-order valence-corrected chi connectivity index (χ4v) is 3.93. The Balaban J connectivity index is 1.40. The van der Waals surface area contributed by atoms with Crippen molar-refractivity contribution in [3.05, 3.63) is 29.8 Å². The number of amides is 1. The normalized spacial score (nSPS) is 20.5. The second-order valence-electron chi connectivity index (χ2n) is 8.02. The van der Waals surface area contributed by atoms with Crippen LogP contribution in [0.4, 0.5) is 0 Å². The summed E-state index contributed by atoms with van der Waals surface area (Å²) in [6.07, 6.45) is 6.00. The highest BCUT2D eigenvalue weighted by Crippen LogP contribution is 2.18. The molecule has 31 heavy (non-hydrogen) atoms. The van der Waals surface area contributed by atoms with E-state index in [9.17, 15) is 9.90 Å². The highest BCUT2D eigenvalue weighted by molar-refractivity contribution is 5.96. The largest absolute Gasteiger partial charge is 0.507 e. The average molecular weight is 433 g/mol. The van der Waals surface area contributed by atoms with Crippen LogP contribution in [0.25, 0.3) is 0 Å². The van der Waals surface area contributed by atoms with Gasteiger partial charge in [0, 0.05) is 32.8 Å². The maximum atomic E-state index is 12.2. The summed E-state index contributed by atoms with van der Waals surface area (Å²) >= 11 is 0. The van der Waals surface area contributed by atoms with Crippen molar-refractivity contribution in [1.82, 2.24) is 15.5 Å². The van der Waals surface area contributed by atoms with E-state index in [1.54, 1.807) is 18.2 Å². The zero-order valence-corrected chi connectivity index (χ0v) is 18.5. The van der Waals surface area contributed by atoms with Gasteiger partial charge in [0.05, 0.1) is 30.9 Å². The second-order valence-corrected chi connectivity index (χ2v) is 8.02. The van der Waals surface area contributed by atoms with E-state index in [-0.39, 0.29) is 29.4 Å². The molecular weight excluding hydrogens is 396 g/mol. The summed E-state index contributed by atoms with van der Waals surface area (Å²) in [4.78, 5) is 19.1. The Hall–Kier alpha value is -2.32. The number of rotatable bonds is 8. The number of likely N-dealkylation sites (tertiary alicyclic amines) is 1. The number of carbonyl (C=O) groups is 1. The third kappa shape index (κ3) is 7.40. The van der Waals surface area contributed by atoms with Gasteiger partial charge >= 0.3 is 0 Å². The predicted octanol–water partition coefficient (Wildman–Crippen LogP) is 2.14. The highest BCUT2D eigenvalue weighted by Gasteiger charge is 2.23. The third-order valence-corrected chi connectivity index (χ3v) is 5.68. The number of nitrogens with one attached hydrogen (secondary N) is 2. The minimum Gasteiger partial charge on any atom is -0.507 e. The van der Waals surface area contributed by atoms with Crippen molar-refractivity contribution in [3.63, 3.8) is 0 Å². The molecule has 2 heterocycles. The van der Waals surface area contributed by atoms with Crippen LogP contribution in [0.1, 0.15) is 49.4 Å². The van der Waals surface area contributed by atoms with Gasteiger partial charge in [0.15, 0.2) is 5.96 Å². The van der Waals surface area contributed by atoms with Gasteiger partial charge in [0.2, 0.25) is 0 Å². The summed E-state index contributed by atoms with van der Waals surface area (Å²) in [5, 5.41) is 15.9. The van der Waals surface area contributed by atoms with Gasteiger partial charge in [-0.05, 0) is 51.2 Å². The van der Waals surface area contributed by atoms with Crippen molar-refractivity contribution >= 4 is 11.9 Å². The maximum absolute atomic E-state index is 12.2. The molecule has 1 aromatic carbocycles. The highest BCUT2D eigenvalue weighted by atomic mass is 16.5. The van der Waals surface area contributed by atoms with Crippen molar-refractivity contribution in [1.29, 1.82) is 0 Å². The quantitative estimate of drug-likeness (QED) is 0.331.